The summed E-state index contributed by atoms with van der Waals surface area (Å²) in [6, 6.07) is 24.0. The lowest BCUT2D eigenvalue weighted by Gasteiger charge is -2.51. The first-order valence-corrected chi connectivity index (χ1v) is 16.6. The Morgan fingerprint density at radius 3 is 2.19 bits per heavy atom. The van der Waals surface area contributed by atoms with Crippen molar-refractivity contribution in [3.8, 4) is 5.75 Å². The van der Waals surface area contributed by atoms with Crippen molar-refractivity contribution in [1.82, 2.24) is 10.2 Å². The molecule has 0 spiro atoms. The van der Waals surface area contributed by atoms with Crippen molar-refractivity contribution < 1.29 is 33.4 Å². The van der Waals surface area contributed by atoms with Crippen molar-refractivity contribution in [3.05, 3.63) is 119 Å². The maximum absolute atomic E-state index is 14.3. The molecule has 0 saturated carbocycles. The van der Waals surface area contributed by atoms with Crippen LogP contribution in [0.4, 0.5) is 10.5 Å². The molecule has 3 amide bonds. The van der Waals surface area contributed by atoms with E-state index >= 15 is 0 Å². The molecule has 0 radical (unpaired) electrons. The van der Waals surface area contributed by atoms with Crippen LogP contribution in [0.25, 0.3) is 0 Å². The number of hydrogen-bond donors (Lipinski definition) is 1. The van der Waals surface area contributed by atoms with Crippen molar-refractivity contribution in [1.29, 1.82) is 0 Å². The molecule has 48 heavy (non-hydrogen) atoms. The zero-order valence-electron chi connectivity index (χ0n) is 27.1. The molecule has 3 aliphatic rings. The topological polar surface area (TPSA) is 114 Å². The molecular formula is C37H37N3O7S. The van der Waals surface area contributed by atoms with Crippen LogP contribution in [-0.4, -0.2) is 65.5 Å². The van der Waals surface area contributed by atoms with Gasteiger partial charge in [-0.3, -0.25) is 9.59 Å². The minimum atomic E-state index is -1.16. The van der Waals surface area contributed by atoms with Gasteiger partial charge < -0.3 is 29.3 Å². The van der Waals surface area contributed by atoms with Crippen LogP contribution in [0.5, 0.6) is 5.75 Å². The SMILES string of the molecule is COc1ccccc1N1CC/C(=C\C2=CS[C@@H]3[C@H](NC(=O)OC(C)(C)C)C(=O)N3[C@H]2C(=O)OC(c2ccccc2)c2ccccc2)C1=O. The summed E-state index contributed by atoms with van der Waals surface area (Å²) in [6.07, 6.45) is 0.646. The van der Waals surface area contributed by atoms with E-state index in [4.69, 9.17) is 14.2 Å². The molecule has 0 aromatic heterocycles. The number of esters is 1. The van der Waals surface area contributed by atoms with Crippen LogP contribution in [0.3, 0.4) is 0 Å². The van der Waals surface area contributed by atoms with Gasteiger partial charge in [0.15, 0.2) is 12.1 Å². The second-order valence-corrected chi connectivity index (χ2v) is 13.6. The first-order valence-electron chi connectivity index (χ1n) is 15.7. The molecule has 0 bridgehead atoms. The van der Waals surface area contributed by atoms with E-state index in [9.17, 15) is 19.2 Å². The fraction of sp³-hybridized carbons (Fsp3) is 0.297. The number of thioether (sulfide) groups is 1. The molecule has 3 aromatic rings. The predicted molar refractivity (Wildman–Crippen MR) is 182 cm³/mol. The number of β-lactam (4-membered cyclic amide) rings is 1. The summed E-state index contributed by atoms with van der Waals surface area (Å²) >= 11 is 1.29. The van der Waals surface area contributed by atoms with E-state index in [2.05, 4.69) is 5.32 Å². The molecular weight excluding hydrogens is 630 g/mol. The van der Waals surface area contributed by atoms with Crippen molar-refractivity contribution in [3.63, 3.8) is 0 Å². The first kappa shape index (κ1) is 32.9. The second-order valence-electron chi connectivity index (χ2n) is 12.6. The highest BCUT2D eigenvalue weighted by molar-refractivity contribution is 8.03. The van der Waals surface area contributed by atoms with Crippen LogP contribution in [0.1, 0.15) is 44.4 Å². The van der Waals surface area contributed by atoms with E-state index in [1.54, 1.807) is 50.3 Å². The number of methoxy groups -OCH3 is 1. The fourth-order valence-corrected chi connectivity index (χ4v) is 7.20. The number of carbonyl (C=O) groups excluding carboxylic acids is 4. The highest BCUT2D eigenvalue weighted by atomic mass is 32.2. The van der Waals surface area contributed by atoms with E-state index in [0.717, 1.165) is 11.1 Å². The summed E-state index contributed by atoms with van der Waals surface area (Å²) in [5, 5.41) is 3.85. The largest absolute Gasteiger partial charge is 0.495 e. The zero-order valence-corrected chi connectivity index (χ0v) is 27.9. The van der Waals surface area contributed by atoms with Crippen LogP contribution in [0.15, 0.2) is 108 Å². The smallest absolute Gasteiger partial charge is 0.408 e. The molecule has 0 unspecified atom stereocenters. The van der Waals surface area contributed by atoms with Crippen molar-refractivity contribution in [2.24, 2.45) is 0 Å². The number of fused-ring (bicyclic) bond motifs is 1. The van der Waals surface area contributed by atoms with Crippen molar-refractivity contribution in [2.75, 3.05) is 18.6 Å². The molecule has 0 aliphatic carbocycles. The number of carbonyl (C=O) groups is 4. The third-order valence-corrected chi connectivity index (χ3v) is 9.38. The Bertz CT molecular complexity index is 1730. The van der Waals surface area contributed by atoms with Gasteiger partial charge in [-0.25, -0.2) is 9.59 Å². The number of benzene rings is 3. The fourth-order valence-electron chi connectivity index (χ4n) is 6.00. The monoisotopic (exact) mass is 667 g/mol. The normalized spacial score (nSPS) is 21.4. The van der Waals surface area contributed by atoms with Gasteiger partial charge in [-0.15, -0.1) is 11.8 Å². The summed E-state index contributed by atoms with van der Waals surface area (Å²) in [6.45, 7) is 5.64. The lowest BCUT2D eigenvalue weighted by atomic mass is 9.95. The van der Waals surface area contributed by atoms with Crippen LogP contribution in [-0.2, 0) is 23.9 Å². The Hall–Kier alpha value is -5.03. The molecule has 3 aromatic carbocycles. The lowest BCUT2D eigenvalue weighted by Crippen LogP contribution is -2.74. The molecule has 248 valence electrons. The molecule has 1 N–H and O–H groups in total. The number of nitrogens with zero attached hydrogens (tertiary/aromatic N) is 2. The van der Waals surface area contributed by atoms with Gasteiger partial charge in [0.05, 0.1) is 12.8 Å². The molecule has 2 saturated heterocycles. The third-order valence-electron chi connectivity index (χ3n) is 8.19. The van der Waals surface area contributed by atoms with E-state index in [-0.39, 0.29) is 5.91 Å². The predicted octanol–water partition coefficient (Wildman–Crippen LogP) is 5.75. The quantitative estimate of drug-likeness (QED) is 0.184. The standard InChI is InChI=1S/C37H37N3O7S/c1-37(2,3)47-36(44)38-29-33(42)40-30(35(43)46-31(23-13-7-5-8-14-23)24-15-9-6-10-16-24)26(22-48-34(29)40)21-25-19-20-39(32(25)41)27-17-11-12-18-28(27)45-4/h5-18,21-22,29-31,34H,19-20H2,1-4H3,(H,38,44)/b25-21+/t29-,30-,34-/m1/s1. The summed E-state index contributed by atoms with van der Waals surface area (Å²) in [7, 11) is 1.56. The number of nitrogens with one attached hydrogen (secondary N) is 1. The van der Waals surface area contributed by atoms with E-state index in [1.807, 2.05) is 78.9 Å². The Morgan fingerprint density at radius 1 is 0.938 bits per heavy atom. The number of para-hydroxylation sites is 2. The molecule has 10 nitrogen and oxygen atoms in total. The lowest BCUT2D eigenvalue weighted by molar-refractivity contribution is -0.164. The maximum atomic E-state index is 14.3. The van der Waals surface area contributed by atoms with Gasteiger partial charge in [0.1, 0.15) is 22.8 Å². The highest BCUT2D eigenvalue weighted by Crippen LogP contribution is 2.43. The molecule has 3 atom stereocenters. The van der Waals surface area contributed by atoms with Crippen LogP contribution in [0, 0.1) is 0 Å². The van der Waals surface area contributed by atoms with Crippen molar-refractivity contribution >= 4 is 41.3 Å². The summed E-state index contributed by atoms with van der Waals surface area (Å²) < 4.78 is 17.1. The zero-order chi connectivity index (χ0) is 34.0. The number of anilines is 1. The molecule has 2 fully saturated rings. The van der Waals surface area contributed by atoms with Gasteiger partial charge in [-0.2, -0.15) is 0 Å². The minimum Gasteiger partial charge on any atom is -0.495 e. The number of hydrogen-bond acceptors (Lipinski definition) is 8. The van der Waals surface area contributed by atoms with Gasteiger partial charge in [0.2, 0.25) is 5.91 Å². The Kier molecular flexibility index (Phi) is 9.32. The maximum Gasteiger partial charge on any atom is 0.408 e. The molecule has 3 aliphatic heterocycles. The summed E-state index contributed by atoms with van der Waals surface area (Å²) in [5.74, 6) is -0.747. The Balaban J connectivity index is 1.32. The van der Waals surface area contributed by atoms with Gasteiger partial charge >= 0.3 is 12.1 Å². The summed E-state index contributed by atoms with van der Waals surface area (Å²) in [5.41, 5.74) is 2.37. The minimum absolute atomic E-state index is 0.217. The average molecular weight is 668 g/mol. The van der Waals surface area contributed by atoms with Gasteiger partial charge in [-0.1, -0.05) is 72.8 Å². The number of amides is 3. The number of rotatable bonds is 8. The van der Waals surface area contributed by atoms with Gasteiger partial charge in [0, 0.05) is 12.1 Å². The van der Waals surface area contributed by atoms with Gasteiger partial charge in [0.25, 0.3) is 5.91 Å². The van der Waals surface area contributed by atoms with E-state index < -0.39 is 47.1 Å². The van der Waals surface area contributed by atoms with E-state index in [1.165, 1.54) is 16.7 Å². The van der Waals surface area contributed by atoms with Crippen LogP contribution < -0.4 is 15.0 Å². The molecule has 11 heteroatoms. The number of ether oxygens (including phenoxy) is 3. The number of alkyl carbamates (subject to hydrolysis) is 1. The molecule has 3 heterocycles. The first-order chi connectivity index (χ1) is 23.1. The second kappa shape index (κ2) is 13.6. The third kappa shape index (κ3) is 6.68. The Morgan fingerprint density at radius 2 is 1.56 bits per heavy atom. The van der Waals surface area contributed by atoms with Crippen molar-refractivity contribution in [2.45, 2.75) is 56.4 Å². The highest BCUT2D eigenvalue weighted by Gasteiger charge is 2.56. The van der Waals surface area contributed by atoms with Crippen LogP contribution in [0.2, 0.25) is 0 Å². The molecule has 6 rings (SSSR count). The average Bonchev–Trinajstić information content (AvgIpc) is 3.44. The van der Waals surface area contributed by atoms with Crippen LogP contribution >= 0.6 is 11.8 Å². The van der Waals surface area contributed by atoms with E-state index in [0.29, 0.717) is 35.5 Å². The Labute approximate surface area is 283 Å². The summed E-state index contributed by atoms with van der Waals surface area (Å²) in [4.78, 5) is 57.4. The van der Waals surface area contributed by atoms with Gasteiger partial charge in [-0.05, 0) is 67.5 Å².